The summed E-state index contributed by atoms with van der Waals surface area (Å²) in [6.07, 6.45) is 2.02. The van der Waals surface area contributed by atoms with Gasteiger partial charge in [-0.3, -0.25) is 4.79 Å². The number of carboxylic acids is 1. The summed E-state index contributed by atoms with van der Waals surface area (Å²) in [6.45, 7) is 5.09. The van der Waals surface area contributed by atoms with Gasteiger partial charge in [0.15, 0.2) is 0 Å². The molecule has 0 radical (unpaired) electrons. The number of hydrogen-bond acceptors (Lipinski definition) is 7. The summed E-state index contributed by atoms with van der Waals surface area (Å²) >= 11 is 0. The molecule has 1 amide bonds. The summed E-state index contributed by atoms with van der Waals surface area (Å²) in [5.41, 5.74) is 5.71. The predicted octanol–water partition coefficient (Wildman–Crippen LogP) is 3.54. The number of aromatic carboxylic acids is 1. The molecule has 1 saturated carbocycles. The molecule has 0 spiro atoms. The van der Waals surface area contributed by atoms with E-state index in [1.807, 2.05) is 31.2 Å². The number of carboxylic acid groups (broad SMARTS) is 1. The maximum Gasteiger partial charge on any atom is 0.352 e. The van der Waals surface area contributed by atoms with Crippen LogP contribution in [0.5, 0.6) is 11.5 Å². The molecule has 1 aromatic heterocycles. The fraction of sp³-hybridized carbons (Fsp3) is 0.515. The molecule has 43 heavy (non-hydrogen) atoms. The minimum Gasteiger partial charge on any atom is -0.493 e. The third kappa shape index (κ3) is 5.47. The quantitative estimate of drug-likeness (QED) is 0.253. The van der Waals surface area contributed by atoms with Gasteiger partial charge in [0.2, 0.25) is 5.91 Å². The molecule has 1 saturated heterocycles. The van der Waals surface area contributed by atoms with E-state index < -0.39 is 22.9 Å². The van der Waals surface area contributed by atoms with Gasteiger partial charge in [-0.2, -0.15) is 0 Å². The first-order valence-electron chi connectivity index (χ1n) is 15.3. The van der Waals surface area contributed by atoms with E-state index in [4.69, 9.17) is 15.2 Å². The SMILES string of the molecule is C[C@H]1CN(CCC2(O)CCC(C(N)=O)(c3c(C(=O)O)[nH]c4cccc(OCC5COc6ccccc65)c34)CC2)CC[C@@H]1O. The lowest BCUT2D eigenvalue weighted by molar-refractivity contribution is -0.127. The van der Waals surface area contributed by atoms with Crippen molar-refractivity contribution in [2.24, 2.45) is 11.7 Å². The van der Waals surface area contributed by atoms with Crippen LogP contribution in [0, 0.1) is 5.92 Å². The zero-order chi connectivity index (χ0) is 30.4. The summed E-state index contributed by atoms with van der Waals surface area (Å²) in [6, 6.07) is 13.2. The van der Waals surface area contributed by atoms with Crippen LogP contribution in [0.2, 0.25) is 0 Å². The van der Waals surface area contributed by atoms with E-state index in [-0.39, 0.29) is 36.5 Å². The number of carbonyl (C=O) groups excluding carboxylic acids is 1. The summed E-state index contributed by atoms with van der Waals surface area (Å²) in [5, 5.41) is 32.4. The second-order valence-electron chi connectivity index (χ2n) is 12.8. The number of para-hydroxylation sites is 1. The van der Waals surface area contributed by atoms with Crippen molar-refractivity contribution in [3.8, 4) is 11.5 Å². The maximum absolute atomic E-state index is 13.3. The van der Waals surface area contributed by atoms with Crippen LogP contribution in [0.3, 0.4) is 0 Å². The average Bonchev–Trinajstić information content (AvgIpc) is 3.60. The number of aliphatic hydroxyl groups excluding tert-OH is 1. The zero-order valence-corrected chi connectivity index (χ0v) is 24.6. The molecule has 1 aliphatic carbocycles. The number of benzene rings is 2. The van der Waals surface area contributed by atoms with E-state index in [2.05, 4.69) is 9.88 Å². The molecule has 3 heterocycles. The smallest absolute Gasteiger partial charge is 0.352 e. The van der Waals surface area contributed by atoms with Crippen LogP contribution in [-0.2, 0) is 10.2 Å². The minimum absolute atomic E-state index is 0.00809. The van der Waals surface area contributed by atoms with Crippen molar-refractivity contribution in [3.05, 3.63) is 59.3 Å². The van der Waals surface area contributed by atoms with E-state index in [1.54, 1.807) is 18.2 Å². The average molecular weight is 592 g/mol. The van der Waals surface area contributed by atoms with Crippen molar-refractivity contribution in [1.29, 1.82) is 0 Å². The Morgan fingerprint density at radius 2 is 1.91 bits per heavy atom. The summed E-state index contributed by atoms with van der Waals surface area (Å²) in [7, 11) is 0. The maximum atomic E-state index is 13.3. The lowest BCUT2D eigenvalue weighted by Crippen LogP contribution is -2.50. The number of amides is 1. The van der Waals surface area contributed by atoms with Gasteiger partial charge in [-0.1, -0.05) is 31.2 Å². The number of piperidine rings is 1. The Bertz CT molecular complexity index is 1510. The van der Waals surface area contributed by atoms with Crippen molar-refractivity contribution in [2.45, 2.75) is 68.5 Å². The molecule has 2 aromatic carbocycles. The van der Waals surface area contributed by atoms with Gasteiger partial charge >= 0.3 is 5.97 Å². The van der Waals surface area contributed by atoms with Crippen LogP contribution in [0.15, 0.2) is 42.5 Å². The molecule has 0 bridgehead atoms. The molecule has 6 rings (SSSR count). The molecule has 10 nitrogen and oxygen atoms in total. The van der Waals surface area contributed by atoms with Crippen LogP contribution < -0.4 is 15.2 Å². The number of nitrogens with zero attached hydrogens (tertiary/aromatic N) is 1. The molecule has 3 aliphatic rings. The van der Waals surface area contributed by atoms with Crippen molar-refractivity contribution in [1.82, 2.24) is 9.88 Å². The van der Waals surface area contributed by atoms with Crippen molar-refractivity contribution in [3.63, 3.8) is 0 Å². The van der Waals surface area contributed by atoms with Gasteiger partial charge in [-0.05, 0) is 62.6 Å². The minimum atomic E-state index is -1.29. The number of primary amides is 1. The Morgan fingerprint density at radius 1 is 1.14 bits per heavy atom. The number of aromatic amines is 1. The molecule has 1 unspecified atom stereocenters. The van der Waals surface area contributed by atoms with E-state index in [1.165, 1.54) is 0 Å². The van der Waals surface area contributed by atoms with Crippen LogP contribution in [-0.4, -0.2) is 81.6 Å². The first-order valence-corrected chi connectivity index (χ1v) is 15.3. The number of aromatic nitrogens is 1. The molecule has 2 aliphatic heterocycles. The lowest BCUT2D eigenvalue weighted by Gasteiger charge is -2.44. The number of H-pyrrole nitrogens is 1. The standard InChI is InChI=1S/C33H41N3O7/c1-20-17-36(15-9-24(20)37)16-14-32(41)10-12-33(13-11-32,31(34)40)28-27-23(35-29(28)30(38)39)6-4-8-26(27)43-19-21-18-42-25-7-3-2-5-22(21)25/h2-8,20-21,24,35,37,41H,9-19H2,1H3,(H2,34,40)(H,38,39)/t20-,21?,24-,32?,33?/m0/s1. The highest BCUT2D eigenvalue weighted by Crippen LogP contribution is 2.49. The van der Waals surface area contributed by atoms with Crippen LogP contribution in [0.1, 0.15) is 73.0 Å². The van der Waals surface area contributed by atoms with Gasteiger partial charge < -0.3 is 40.4 Å². The van der Waals surface area contributed by atoms with Crippen LogP contribution in [0.4, 0.5) is 0 Å². The van der Waals surface area contributed by atoms with Crippen LogP contribution >= 0.6 is 0 Å². The first-order chi connectivity index (χ1) is 20.6. The van der Waals surface area contributed by atoms with E-state index in [0.717, 1.165) is 24.4 Å². The molecule has 2 fully saturated rings. The molecular formula is C33H41N3O7. The molecule has 3 atom stereocenters. The first kappa shape index (κ1) is 29.5. The Hall–Kier alpha value is -3.60. The van der Waals surface area contributed by atoms with Gasteiger partial charge in [0.25, 0.3) is 0 Å². The fourth-order valence-electron chi connectivity index (χ4n) is 7.33. The van der Waals surface area contributed by atoms with Crippen LogP contribution in [0.25, 0.3) is 10.9 Å². The molecule has 10 heteroatoms. The number of likely N-dealkylation sites (tertiary alicyclic amines) is 1. The van der Waals surface area contributed by atoms with E-state index in [9.17, 15) is 24.9 Å². The fourth-order valence-corrected chi connectivity index (χ4v) is 7.33. The predicted molar refractivity (Wildman–Crippen MR) is 161 cm³/mol. The second kappa shape index (κ2) is 11.5. The molecule has 230 valence electrons. The topological polar surface area (TPSA) is 158 Å². The summed E-state index contributed by atoms with van der Waals surface area (Å²) < 4.78 is 12.2. The number of nitrogens with two attached hydrogens (primary N) is 1. The molecule has 6 N–H and O–H groups in total. The van der Waals surface area contributed by atoms with Gasteiger partial charge in [0.05, 0.1) is 41.8 Å². The van der Waals surface area contributed by atoms with E-state index in [0.29, 0.717) is 67.7 Å². The zero-order valence-electron chi connectivity index (χ0n) is 24.6. The molecule has 3 aromatic rings. The Kier molecular flexibility index (Phi) is 7.87. The third-order valence-corrected chi connectivity index (χ3v) is 10.1. The highest BCUT2D eigenvalue weighted by atomic mass is 16.5. The number of nitrogens with one attached hydrogen (secondary N) is 1. The normalized spacial score (nSPS) is 29.2. The number of hydrogen-bond donors (Lipinski definition) is 5. The largest absolute Gasteiger partial charge is 0.493 e. The van der Waals surface area contributed by atoms with Gasteiger partial charge in [0.1, 0.15) is 17.2 Å². The second-order valence-corrected chi connectivity index (χ2v) is 12.8. The van der Waals surface area contributed by atoms with Gasteiger partial charge in [-0.15, -0.1) is 0 Å². The monoisotopic (exact) mass is 591 g/mol. The number of carbonyl (C=O) groups is 2. The van der Waals surface area contributed by atoms with Gasteiger partial charge in [0, 0.05) is 36.1 Å². The van der Waals surface area contributed by atoms with Crippen molar-refractivity contribution in [2.75, 3.05) is 32.8 Å². The summed E-state index contributed by atoms with van der Waals surface area (Å²) in [5.74, 6) is -0.291. The number of fused-ring (bicyclic) bond motifs is 2. The highest BCUT2D eigenvalue weighted by Gasteiger charge is 2.50. The van der Waals surface area contributed by atoms with E-state index >= 15 is 0 Å². The number of ether oxygens (including phenoxy) is 2. The van der Waals surface area contributed by atoms with Crippen molar-refractivity contribution >= 4 is 22.8 Å². The summed E-state index contributed by atoms with van der Waals surface area (Å²) in [4.78, 5) is 31.2. The Balaban J connectivity index is 1.27. The Morgan fingerprint density at radius 3 is 2.63 bits per heavy atom. The third-order valence-electron chi connectivity index (χ3n) is 10.1. The van der Waals surface area contributed by atoms with Gasteiger partial charge in [-0.25, -0.2) is 4.79 Å². The number of aliphatic hydroxyl groups is 2. The number of rotatable bonds is 9. The Labute approximate surface area is 250 Å². The lowest BCUT2D eigenvalue weighted by atomic mass is 9.63. The van der Waals surface area contributed by atoms with Crippen molar-refractivity contribution < 1.29 is 34.4 Å². The molecular weight excluding hydrogens is 550 g/mol. The highest BCUT2D eigenvalue weighted by molar-refractivity contribution is 6.05.